The van der Waals surface area contributed by atoms with E-state index in [2.05, 4.69) is 44.0 Å². The van der Waals surface area contributed by atoms with Crippen molar-refractivity contribution in [3.8, 4) is 0 Å². The molecule has 1 unspecified atom stereocenters. The quantitative estimate of drug-likeness (QED) is 0.398. The molecule has 0 aliphatic carbocycles. The number of aryl methyl sites for hydroxylation is 1. The minimum absolute atomic E-state index is 0.323. The molecule has 0 aliphatic rings. The minimum atomic E-state index is -1.05. The molecular weight excluding hydrogens is 366 g/mol. The molecule has 0 bridgehead atoms. The Bertz CT molecular complexity index is 928. The number of rotatable bonds is 8. The minimum Gasteiger partial charge on any atom is -0.383 e. The summed E-state index contributed by atoms with van der Waals surface area (Å²) in [7, 11) is 1.83. The van der Waals surface area contributed by atoms with Crippen molar-refractivity contribution in [1.29, 1.82) is 0 Å². The lowest BCUT2D eigenvalue weighted by Gasteiger charge is -2.23. The third-order valence-electron chi connectivity index (χ3n) is 4.59. The molecule has 2 heterocycles. The molecule has 0 radical (unpaired) electrons. The number of benzene rings is 1. The number of nitrogens with zero attached hydrogens (tertiary/aromatic N) is 5. The Kier molecular flexibility index (Phi) is 6.66. The van der Waals surface area contributed by atoms with Gasteiger partial charge in [-0.05, 0) is 31.0 Å². The van der Waals surface area contributed by atoms with E-state index in [1.54, 1.807) is 24.0 Å². The average molecular weight is 396 g/mol. The highest BCUT2D eigenvalue weighted by molar-refractivity contribution is 5.79. The first-order chi connectivity index (χ1) is 14.0. The lowest BCUT2D eigenvalue weighted by atomic mass is 10.00. The van der Waals surface area contributed by atoms with E-state index < -0.39 is 5.60 Å². The second-order valence-electron chi connectivity index (χ2n) is 7.25. The van der Waals surface area contributed by atoms with Crippen LogP contribution in [0, 0.1) is 0 Å². The molecule has 1 atom stereocenters. The van der Waals surface area contributed by atoms with Gasteiger partial charge in [-0.3, -0.25) is 9.36 Å². The number of aliphatic hydroxyl groups is 1. The fourth-order valence-corrected chi connectivity index (χ4v) is 2.98. The third-order valence-corrected chi connectivity index (χ3v) is 4.59. The van der Waals surface area contributed by atoms with Crippen molar-refractivity contribution in [2.24, 2.45) is 12.0 Å². The van der Waals surface area contributed by atoms with E-state index >= 15 is 0 Å². The summed E-state index contributed by atoms with van der Waals surface area (Å²) in [5, 5.41) is 25.6. The monoisotopic (exact) mass is 395 g/mol. The van der Waals surface area contributed by atoms with Crippen molar-refractivity contribution in [1.82, 2.24) is 30.2 Å². The van der Waals surface area contributed by atoms with Crippen LogP contribution in [-0.4, -0.2) is 43.7 Å². The Morgan fingerprint density at radius 3 is 2.72 bits per heavy atom. The molecule has 0 saturated carbocycles. The summed E-state index contributed by atoms with van der Waals surface area (Å²) in [5.74, 6) is 0.661. The highest BCUT2D eigenvalue weighted by atomic mass is 16.3. The van der Waals surface area contributed by atoms with E-state index in [9.17, 15) is 5.11 Å². The van der Waals surface area contributed by atoms with Gasteiger partial charge in [0.05, 0.1) is 25.8 Å². The predicted molar refractivity (Wildman–Crippen MR) is 113 cm³/mol. The Balaban J connectivity index is 1.63. The fraction of sp³-hybridized carbons (Fsp3) is 0.381. The normalized spacial score (nSPS) is 13.9. The van der Waals surface area contributed by atoms with Crippen LogP contribution in [0.25, 0.3) is 0 Å². The van der Waals surface area contributed by atoms with E-state index in [0.29, 0.717) is 19.0 Å². The second kappa shape index (κ2) is 9.38. The summed E-state index contributed by atoms with van der Waals surface area (Å²) in [4.78, 5) is 4.66. The van der Waals surface area contributed by atoms with Crippen LogP contribution in [0.1, 0.15) is 30.5 Å². The maximum Gasteiger partial charge on any atom is 0.191 e. The maximum atomic E-state index is 10.8. The molecule has 0 saturated heterocycles. The summed E-state index contributed by atoms with van der Waals surface area (Å²) in [6, 6.07) is 10.2. The van der Waals surface area contributed by atoms with Crippen LogP contribution in [0.3, 0.4) is 0 Å². The first-order valence-corrected chi connectivity index (χ1v) is 9.75. The molecule has 3 rings (SSSR count). The van der Waals surface area contributed by atoms with E-state index in [-0.39, 0.29) is 0 Å². The Hall–Kier alpha value is -3.13. The molecule has 2 aromatic heterocycles. The van der Waals surface area contributed by atoms with Crippen LogP contribution < -0.4 is 10.6 Å². The molecule has 0 amide bonds. The van der Waals surface area contributed by atoms with Gasteiger partial charge in [0.15, 0.2) is 5.96 Å². The van der Waals surface area contributed by atoms with Crippen molar-refractivity contribution in [3.63, 3.8) is 0 Å². The first-order valence-electron chi connectivity index (χ1n) is 9.75. The second-order valence-corrected chi connectivity index (χ2v) is 7.25. The smallest absolute Gasteiger partial charge is 0.191 e. The number of hydrogen-bond donors (Lipinski definition) is 3. The number of hydrogen-bond acceptors (Lipinski definition) is 4. The number of aromatic nitrogens is 4. The summed E-state index contributed by atoms with van der Waals surface area (Å²) < 4.78 is 3.58. The van der Waals surface area contributed by atoms with Crippen LogP contribution in [0.4, 0.5) is 0 Å². The van der Waals surface area contributed by atoms with E-state index in [0.717, 1.165) is 24.2 Å². The average Bonchev–Trinajstić information content (AvgIpc) is 3.36. The van der Waals surface area contributed by atoms with Gasteiger partial charge in [-0.25, -0.2) is 4.99 Å². The van der Waals surface area contributed by atoms with E-state index in [4.69, 9.17) is 0 Å². The molecule has 8 nitrogen and oxygen atoms in total. The molecule has 8 heteroatoms. The molecule has 154 valence electrons. The molecule has 3 aromatic rings. The van der Waals surface area contributed by atoms with Gasteiger partial charge in [-0.15, -0.1) is 0 Å². The van der Waals surface area contributed by atoms with Crippen LogP contribution in [0.5, 0.6) is 0 Å². The van der Waals surface area contributed by atoms with E-state index in [1.165, 1.54) is 5.56 Å². The molecular formula is C21H29N7O. The molecule has 3 N–H and O–H groups in total. The van der Waals surface area contributed by atoms with Crippen LogP contribution >= 0.6 is 0 Å². The van der Waals surface area contributed by atoms with Gasteiger partial charge in [0.1, 0.15) is 5.60 Å². The van der Waals surface area contributed by atoms with Crippen LogP contribution in [0.15, 0.2) is 60.1 Å². The summed E-state index contributed by atoms with van der Waals surface area (Å²) in [6.45, 7) is 6.11. The molecule has 29 heavy (non-hydrogen) atoms. The Morgan fingerprint density at radius 2 is 2.03 bits per heavy atom. The van der Waals surface area contributed by atoms with Gasteiger partial charge in [0, 0.05) is 37.7 Å². The highest BCUT2D eigenvalue weighted by Gasteiger charge is 2.24. The van der Waals surface area contributed by atoms with Crippen molar-refractivity contribution >= 4 is 5.96 Å². The third kappa shape index (κ3) is 5.92. The predicted octanol–water partition coefficient (Wildman–Crippen LogP) is 1.63. The van der Waals surface area contributed by atoms with Gasteiger partial charge in [-0.2, -0.15) is 10.2 Å². The molecule has 0 spiro atoms. The number of nitrogens with one attached hydrogen (secondary N) is 2. The SMILES string of the molecule is CCNC(=NCc1cccc(Cn2cccn2)c1)NCC(C)(O)c1cnn(C)c1. The lowest BCUT2D eigenvalue weighted by molar-refractivity contribution is 0.0616. The van der Waals surface area contributed by atoms with Crippen molar-refractivity contribution in [2.75, 3.05) is 13.1 Å². The molecule has 0 fully saturated rings. The van der Waals surface area contributed by atoms with Gasteiger partial charge in [0.2, 0.25) is 0 Å². The zero-order chi connectivity index (χ0) is 20.7. The maximum absolute atomic E-state index is 10.8. The molecule has 0 aliphatic heterocycles. The van der Waals surface area contributed by atoms with Crippen LogP contribution in [0.2, 0.25) is 0 Å². The number of guanidine groups is 1. The van der Waals surface area contributed by atoms with Crippen molar-refractivity contribution in [3.05, 3.63) is 71.8 Å². The van der Waals surface area contributed by atoms with Crippen molar-refractivity contribution < 1.29 is 5.11 Å². The lowest BCUT2D eigenvalue weighted by Crippen LogP contribution is -2.44. The summed E-state index contributed by atoms with van der Waals surface area (Å²) >= 11 is 0. The van der Waals surface area contributed by atoms with Gasteiger partial charge in [-0.1, -0.05) is 24.3 Å². The van der Waals surface area contributed by atoms with Gasteiger partial charge >= 0.3 is 0 Å². The van der Waals surface area contributed by atoms with Crippen LogP contribution in [-0.2, 0) is 25.7 Å². The zero-order valence-electron chi connectivity index (χ0n) is 17.2. The molecule has 1 aromatic carbocycles. The summed E-state index contributed by atoms with van der Waals surface area (Å²) in [5.41, 5.74) is 2.01. The zero-order valence-corrected chi connectivity index (χ0v) is 17.2. The Morgan fingerprint density at radius 1 is 1.21 bits per heavy atom. The first kappa shape index (κ1) is 20.6. The fourth-order valence-electron chi connectivity index (χ4n) is 2.98. The van der Waals surface area contributed by atoms with E-state index in [1.807, 2.05) is 43.2 Å². The Labute approximate surface area is 171 Å². The summed E-state index contributed by atoms with van der Waals surface area (Å²) in [6.07, 6.45) is 7.23. The van der Waals surface area contributed by atoms with Gasteiger partial charge in [0.25, 0.3) is 0 Å². The topological polar surface area (TPSA) is 92.3 Å². The number of aliphatic imine (C=N–C) groups is 1. The standard InChI is InChI=1S/C21H29N7O/c1-4-22-20(24-16-21(2,29)19-13-26-27(3)15-19)23-12-17-7-5-8-18(11-17)14-28-10-6-9-25-28/h5-11,13,15,29H,4,12,14,16H2,1-3H3,(H2,22,23,24). The highest BCUT2D eigenvalue weighted by Crippen LogP contribution is 2.18. The largest absolute Gasteiger partial charge is 0.383 e. The van der Waals surface area contributed by atoms with Crippen molar-refractivity contribution in [2.45, 2.75) is 32.5 Å². The van der Waals surface area contributed by atoms with Gasteiger partial charge < -0.3 is 15.7 Å².